The van der Waals surface area contributed by atoms with Crippen LogP contribution in [0.25, 0.3) is 0 Å². The fraction of sp³-hybridized carbons (Fsp3) is 0.571. The number of nitrogens with zero attached hydrogens (tertiary/aromatic N) is 1. The summed E-state index contributed by atoms with van der Waals surface area (Å²) in [5, 5.41) is 8.95. The molecule has 0 aliphatic carbocycles. The summed E-state index contributed by atoms with van der Waals surface area (Å²) >= 11 is 0. The number of aromatic nitrogens is 1. The van der Waals surface area contributed by atoms with Gasteiger partial charge in [-0.15, -0.1) is 0 Å². The van der Waals surface area contributed by atoms with E-state index in [0.717, 1.165) is 17.8 Å². The molecule has 0 fully saturated rings. The molecule has 0 saturated carbocycles. The molecule has 106 valence electrons. The van der Waals surface area contributed by atoms with Crippen LogP contribution in [0, 0.1) is 6.92 Å². The topological polar surface area (TPSA) is 68.7 Å². The Morgan fingerprint density at radius 1 is 1.42 bits per heavy atom. The molecule has 0 bridgehead atoms. The quantitative estimate of drug-likeness (QED) is 0.782. The van der Waals surface area contributed by atoms with E-state index < -0.39 is 12.1 Å². The highest BCUT2D eigenvalue weighted by atomic mass is 16.5. The van der Waals surface area contributed by atoms with Crippen LogP contribution in [0.2, 0.25) is 0 Å². The van der Waals surface area contributed by atoms with Crippen LogP contribution in [-0.2, 0) is 16.0 Å². The first-order valence-corrected chi connectivity index (χ1v) is 6.52. The minimum atomic E-state index is -0.955. The number of carbonyl (C=O) groups is 1. The lowest BCUT2D eigenvalue weighted by molar-refractivity contribution is -0.150. The lowest BCUT2D eigenvalue weighted by Gasteiger charge is -2.14. The molecule has 0 spiro atoms. The van der Waals surface area contributed by atoms with Crippen LogP contribution in [0.1, 0.15) is 31.7 Å². The van der Waals surface area contributed by atoms with Gasteiger partial charge in [-0.05, 0) is 32.4 Å². The van der Waals surface area contributed by atoms with Crippen molar-refractivity contribution in [3.63, 3.8) is 0 Å². The predicted octanol–water partition coefficient (Wildman–Crippen LogP) is 2.21. The van der Waals surface area contributed by atoms with Gasteiger partial charge >= 0.3 is 5.97 Å². The highest BCUT2D eigenvalue weighted by Crippen LogP contribution is 2.18. The van der Waals surface area contributed by atoms with Crippen molar-refractivity contribution in [2.24, 2.45) is 0 Å². The zero-order chi connectivity index (χ0) is 14.3. The van der Waals surface area contributed by atoms with E-state index in [4.69, 9.17) is 14.6 Å². The second-order valence-electron chi connectivity index (χ2n) is 4.17. The largest absolute Gasteiger partial charge is 0.492 e. The summed E-state index contributed by atoms with van der Waals surface area (Å²) in [6.45, 7) is 6.39. The number of hydrogen-bond donors (Lipinski definition) is 1. The van der Waals surface area contributed by atoms with Gasteiger partial charge in [0.25, 0.3) is 0 Å². The Labute approximate surface area is 113 Å². The Hall–Kier alpha value is -1.62. The standard InChI is InChI=1S/C14H21NO4/c1-4-11-12(7-6-10(3)15-11)19-9-8-13(14(16)17)18-5-2/h6-7,13H,4-5,8-9H2,1-3H3,(H,16,17). The molecule has 19 heavy (non-hydrogen) atoms. The minimum absolute atomic E-state index is 0.300. The molecule has 1 heterocycles. The molecular weight excluding hydrogens is 246 g/mol. The molecule has 1 aromatic heterocycles. The third-order valence-electron chi connectivity index (χ3n) is 2.69. The number of carboxylic acids is 1. The third kappa shape index (κ3) is 4.87. The maximum atomic E-state index is 10.9. The summed E-state index contributed by atoms with van der Waals surface area (Å²) < 4.78 is 10.7. The number of pyridine rings is 1. The van der Waals surface area contributed by atoms with Gasteiger partial charge in [0, 0.05) is 18.7 Å². The van der Waals surface area contributed by atoms with Gasteiger partial charge in [-0.2, -0.15) is 0 Å². The van der Waals surface area contributed by atoms with Crippen LogP contribution in [0.5, 0.6) is 5.75 Å². The first-order chi connectivity index (χ1) is 9.08. The number of carboxylic acid groups (broad SMARTS) is 1. The van der Waals surface area contributed by atoms with Gasteiger partial charge in [0.05, 0.1) is 12.3 Å². The smallest absolute Gasteiger partial charge is 0.332 e. The van der Waals surface area contributed by atoms with E-state index in [9.17, 15) is 4.79 Å². The van der Waals surface area contributed by atoms with E-state index in [0.29, 0.717) is 25.4 Å². The Balaban J connectivity index is 2.54. The maximum Gasteiger partial charge on any atom is 0.332 e. The van der Waals surface area contributed by atoms with Crippen LogP contribution < -0.4 is 4.74 Å². The van der Waals surface area contributed by atoms with Gasteiger partial charge in [0.1, 0.15) is 5.75 Å². The zero-order valence-electron chi connectivity index (χ0n) is 11.7. The van der Waals surface area contributed by atoms with E-state index in [1.807, 2.05) is 26.0 Å². The molecule has 0 aliphatic rings. The monoisotopic (exact) mass is 267 g/mol. The van der Waals surface area contributed by atoms with Crippen molar-refractivity contribution in [1.29, 1.82) is 0 Å². The van der Waals surface area contributed by atoms with Crippen molar-refractivity contribution in [2.45, 2.75) is 39.7 Å². The van der Waals surface area contributed by atoms with Crippen LogP contribution in [0.4, 0.5) is 0 Å². The van der Waals surface area contributed by atoms with Crippen LogP contribution >= 0.6 is 0 Å². The number of rotatable bonds is 8. The van der Waals surface area contributed by atoms with E-state index in [2.05, 4.69) is 4.98 Å². The van der Waals surface area contributed by atoms with Gasteiger partial charge in [-0.1, -0.05) is 6.92 Å². The van der Waals surface area contributed by atoms with Crippen molar-refractivity contribution < 1.29 is 19.4 Å². The van der Waals surface area contributed by atoms with Gasteiger partial charge in [0.2, 0.25) is 0 Å². The van der Waals surface area contributed by atoms with Gasteiger partial charge in [-0.3, -0.25) is 4.98 Å². The molecule has 1 N–H and O–H groups in total. The lowest BCUT2D eigenvalue weighted by atomic mass is 10.2. The van der Waals surface area contributed by atoms with E-state index in [1.54, 1.807) is 6.92 Å². The highest BCUT2D eigenvalue weighted by molar-refractivity contribution is 5.72. The van der Waals surface area contributed by atoms with Crippen LogP contribution in [-0.4, -0.2) is 35.4 Å². The second-order valence-corrected chi connectivity index (χ2v) is 4.17. The molecule has 0 aromatic carbocycles. The average Bonchev–Trinajstić information content (AvgIpc) is 2.39. The van der Waals surface area contributed by atoms with Gasteiger partial charge in [0.15, 0.2) is 6.10 Å². The Bertz CT molecular complexity index is 420. The number of aliphatic carboxylic acids is 1. The summed E-state index contributed by atoms with van der Waals surface area (Å²) in [5.74, 6) is -0.239. The predicted molar refractivity (Wildman–Crippen MR) is 71.5 cm³/mol. The molecule has 0 amide bonds. The van der Waals surface area contributed by atoms with Crippen LogP contribution in [0.15, 0.2) is 12.1 Å². The lowest BCUT2D eigenvalue weighted by Crippen LogP contribution is -2.26. The average molecular weight is 267 g/mol. The van der Waals surface area contributed by atoms with Crippen molar-refractivity contribution in [3.05, 3.63) is 23.5 Å². The number of aryl methyl sites for hydroxylation is 2. The van der Waals surface area contributed by atoms with E-state index in [-0.39, 0.29) is 0 Å². The summed E-state index contributed by atoms with van der Waals surface area (Å²) in [4.78, 5) is 15.3. The molecule has 1 rings (SSSR count). The van der Waals surface area contributed by atoms with Crippen molar-refractivity contribution in [3.8, 4) is 5.75 Å². The third-order valence-corrected chi connectivity index (χ3v) is 2.69. The van der Waals surface area contributed by atoms with Crippen LogP contribution in [0.3, 0.4) is 0 Å². The Morgan fingerprint density at radius 3 is 2.74 bits per heavy atom. The molecule has 5 nitrogen and oxygen atoms in total. The highest BCUT2D eigenvalue weighted by Gasteiger charge is 2.17. The SMILES string of the molecule is CCOC(CCOc1ccc(C)nc1CC)C(=O)O. The molecule has 0 radical (unpaired) electrons. The molecule has 5 heteroatoms. The van der Waals surface area contributed by atoms with Gasteiger partial charge in [-0.25, -0.2) is 4.79 Å². The zero-order valence-corrected chi connectivity index (χ0v) is 11.7. The summed E-state index contributed by atoms with van der Waals surface area (Å²) in [6.07, 6.45) is 0.291. The van der Waals surface area contributed by atoms with E-state index in [1.165, 1.54) is 0 Å². The Morgan fingerprint density at radius 2 is 2.16 bits per heavy atom. The first kappa shape index (κ1) is 15.4. The number of ether oxygens (including phenoxy) is 2. The molecule has 1 unspecified atom stereocenters. The van der Waals surface area contributed by atoms with Crippen molar-refractivity contribution in [2.75, 3.05) is 13.2 Å². The number of hydrogen-bond acceptors (Lipinski definition) is 4. The summed E-state index contributed by atoms with van der Waals surface area (Å²) in [7, 11) is 0. The Kier molecular flexibility index (Phi) is 6.29. The minimum Gasteiger partial charge on any atom is -0.492 e. The normalized spacial score (nSPS) is 12.2. The van der Waals surface area contributed by atoms with Crippen molar-refractivity contribution >= 4 is 5.97 Å². The fourth-order valence-electron chi connectivity index (χ4n) is 1.74. The van der Waals surface area contributed by atoms with Crippen molar-refractivity contribution in [1.82, 2.24) is 4.98 Å². The first-order valence-electron chi connectivity index (χ1n) is 6.52. The molecule has 1 aromatic rings. The maximum absolute atomic E-state index is 10.9. The summed E-state index contributed by atoms with van der Waals surface area (Å²) in [5.41, 5.74) is 1.84. The molecule has 0 saturated heterocycles. The second kappa shape index (κ2) is 7.74. The van der Waals surface area contributed by atoms with E-state index >= 15 is 0 Å². The molecule has 0 aliphatic heterocycles. The molecular formula is C14H21NO4. The fourth-order valence-corrected chi connectivity index (χ4v) is 1.74. The van der Waals surface area contributed by atoms with Gasteiger partial charge < -0.3 is 14.6 Å². The molecule has 1 atom stereocenters. The summed E-state index contributed by atoms with van der Waals surface area (Å²) in [6, 6.07) is 3.75.